The van der Waals surface area contributed by atoms with E-state index in [-0.39, 0.29) is 17.7 Å². The van der Waals surface area contributed by atoms with Crippen LogP contribution in [0, 0.1) is 20.8 Å². The van der Waals surface area contributed by atoms with Crippen LogP contribution in [0.3, 0.4) is 0 Å². The zero-order valence-corrected chi connectivity index (χ0v) is 19.2. The Morgan fingerprint density at radius 2 is 2.06 bits per heavy atom. The van der Waals surface area contributed by atoms with Crippen LogP contribution in [0.4, 0.5) is 0 Å². The standard InChI is InChI=1S/C24H27N5O4/c1-14-20(23(30)25-4)11-26-22(27-14)18-8-9-29(12-18)24(31)17-6-5-7-19(10-17)32-13-21-15(2)28-33-16(21)3/h5-7,10-11,18H,8-9,12-13H2,1-4H3,(H,25,30)/t18-/m1/s1. The molecule has 1 atom stereocenters. The number of nitrogens with one attached hydrogen (secondary N) is 1. The minimum Gasteiger partial charge on any atom is -0.489 e. The molecule has 0 saturated carbocycles. The maximum Gasteiger partial charge on any atom is 0.254 e. The van der Waals surface area contributed by atoms with Crippen molar-refractivity contribution in [2.24, 2.45) is 0 Å². The van der Waals surface area contributed by atoms with E-state index in [1.807, 2.05) is 30.9 Å². The highest BCUT2D eigenvalue weighted by Crippen LogP contribution is 2.27. The molecule has 1 N–H and O–H groups in total. The van der Waals surface area contributed by atoms with Crippen LogP contribution in [-0.2, 0) is 6.61 Å². The first kappa shape index (κ1) is 22.4. The van der Waals surface area contributed by atoms with Crippen LogP contribution in [0.5, 0.6) is 5.75 Å². The number of benzene rings is 1. The quantitative estimate of drug-likeness (QED) is 0.616. The van der Waals surface area contributed by atoms with E-state index >= 15 is 0 Å². The fourth-order valence-electron chi connectivity index (χ4n) is 3.96. The second kappa shape index (κ2) is 9.40. The van der Waals surface area contributed by atoms with E-state index in [1.165, 1.54) is 0 Å². The highest BCUT2D eigenvalue weighted by molar-refractivity contribution is 5.95. The predicted molar refractivity (Wildman–Crippen MR) is 120 cm³/mol. The van der Waals surface area contributed by atoms with E-state index in [9.17, 15) is 9.59 Å². The zero-order chi connectivity index (χ0) is 23.5. The molecule has 0 aliphatic carbocycles. The van der Waals surface area contributed by atoms with Gasteiger partial charge in [-0.1, -0.05) is 11.2 Å². The van der Waals surface area contributed by atoms with Crippen LogP contribution >= 0.6 is 0 Å². The number of amides is 2. The SMILES string of the molecule is CNC(=O)c1cnc([C@@H]2CCN(C(=O)c3cccc(OCc4c(C)noc4C)c3)C2)nc1C. The van der Waals surface area contributed by atoms with E-state index in [1.54, 1.807) is 32.3 Å². The monoisotopic (exact) mass is 449 g/mol. The van der Waals surface area contributed by atoms with Crippen LogP contribution in [0.2, 0.25) is 0 Å². The van der Waals surface area contributed by atoms with Crippen molar-refractivity contribution in [3.05, 3.63) is 70.1 Å². The normalized spacial score (nSPS) is 15.5. The molecule has 2 amide bonds. The average molecular weight is 450 g/mol. The van der Waals surface area contributed by atoms with Gasteiger partial charge >= 0.3 is 0 Å². The van der Waals surface area contributed by atoms with Crippen LogP contribution in [0.1, 0.15) is 61.6 Å². The molecule has 0 spiro atoms. The number of likely N-dealkylation sites (tertiary alicyclic amines) is 1. The summed E-state index contributed by atoms with van der Waals surface area (Å²) in [5.41, 5.74) is 3.36. The number of ether oxygens (including phenoxy) is 1. The topological polar surface area (TPSA) is 110 Å². The van der Waals surface area contributed by atoms with Crippen molar-refractivity contribution in [3.63, 3.8) is 0 Å². The van der Waals surface area contributed by atoms with E-state index < -0.39 is 0 Å². The molecule has 2 aromatic heterocycles. The van der Waals surface area contributed by atoms with Crippen molar-refractivity contribution in [3.8, 4) is 5.75 Å². The summed E-state index contributed by atoms with van der Waals surface area (Å²) in [4.78, 5) is 35.7. The number of nitrogens with zero attached hydrogens (tertiary/aromatic N) is 4. The molecule has 172 valence electrons. The number of hydrogen-bond acceptors (Lipinski definition) is 7. The van der Waals surface area contributed by atoms with Gasteiger partial charge in [-0.25, -0.2) is 9.97 Å². The summed E-state index contributed by atoms with van der Waals surface area (Å²) in [7, 11) is 1.58. The molecule has 3 heterocycles. The third kappa shape index (κ3) is 4.72. The van der Waals surface area contributed by atoms with Crippen molar-refractivity contribution in [1.29, 1.82) is 0 Å². The van der Waals surface area contributed by atoms with Gasteiger partial charge in [0.05, 0.1) is 22.5 Å². The van der Waals surface area contributed by atoms with Crippen molar-refractivity contribution in [2.45, 2.75) is 39.7 Å². The maximum absolute atomic E-state index is 13.1. The van der Waals surface area contributed by atoms with Gasteiger partial charge in [0.15, 0.2) is 0 Å². The molecule has 4 rings (SSSR count). The first-order valence-electron chi connectivity index (χ1n) is 10.9. The van der Waals surface area contributed by atoms with Crippen LogP contribution in [0.15, 0.2) is 35.0 Å². The number of rotatable bonds is 6. The lowest BCUT2D eigenvalue weighted by Gasteiger charge is -2.17. The molecule has 9 nitrogen and oxygen atoms in total. The van der Waals surface area contributed by atoms with Crippen molar-refractivity contribution >= 4 is 11.8 Å². The second-order valence-electron chi connectivity index (χ2n) is 8.16. The molecular formula is C24H27N5O4. The second-order valence-corrected chi connectivity index (χ2v) is 8.16. The Balaban J connectivity index is 1.41. The van der Waals surface area contributed by atoms with Crippen molar-refractivity contribution in [1.82, 2.24) is 25.3 Å². The average Bonchev–Trinajstić information content (AvgIpc) is 3.44. The van der Waals surface area contributed by atoms with Crippen LogP contribution in [-0.4, -0.2) is 52.0 Å². The summed E-state index contributed by atoms with van der Waals surface area (Å²) >= 11 is 0. The number of carbonyl (C=O) groups is 2. The smallest absolute Gasteiger partial charge is 0.254 e. The summed E-state index contributed by atoms with van der Waals surface area (Å²) < 4.78 is 11.1. The number of carbonyl (C=O) groups excluding carboxylic acids is 2. The molecule has 0 radical (unpaired) electrons. The van der Waals surface area contributed by atoms with Gasteiger partial charge in [-0.2, -0.15) is 0 Å². The molecule has 1 aliphatic rings. The third-order valence-electron chi connectivity index (χ3n) is 5.96. The van der Waals surface area contributed by atoms with Crippen LogP contribution < -0.4 is 10.1 Å². The zero-order valence-electron chi connectivity index (χ0n) is 19.2. The van der Waals surface area contributed by atoms with Gasteiger partial charge in [-0.3, -0.25) is 9.59 Å². The van der Waals surface area contributed by atoms with E-state index in [4.69, 9.17) is 9.26 Å². The summed E-state index contributed by atoms with van der Waals surface area (Å²) in [5, 5.41) is 6.52. The Morgan fingerprint density at radius 1 is 1.24 bits per heavy atom. The van der Waals surface area contributed by atoms with Crippen LogP contribution in [0.25, 0.3) is 0 Å². The lowest BCUT2D eigenvalue weighted by molar-refractivity contribution is 0.0789. The number of hydrogen-bond donors (Lipinski definition) is 1. The molecule has 1 aromatic carbocycles. The number of aromatic nitrogens is 3. The molecule has 33 heavy (non-hydrogen) atoms. The first-order chi connectivity index (χ1) is 15.9. The van der Waals surface area contributed by atoms with Crippen molar-refractivity contribution in [2.75, 3.05) is 20.1 Å². The predicted octanol–water partition coefficient (Wildman–Crippen LogP) is 2.96. The molecule has 3 aromatic rings. The summed E-state index contributed by atoms with van der Waals surface area (Å²) in [6.07, 6.45) is 2.33. The van der Waals surface area contributed by atoms with E-state index in [0.717, 1.165) is 23.4 Å². The first-order valence-corrected chi connectivity index (χ1v) is 10.9. The minimum absolute atomic E-state index is 0.0327. The Bertz CT molecular complexity index is 1170. The van der Waals surface area contributed by atoms with Gasteiger partial charge in [-0.15, -0.1) is 0 Å². The van der Waals surface area contributed by atoms with Gasteiger partial charge in [0, 0.05) is 37.8 Å². The fraction of sp³-hybridized carbons (Fsp3) is 0.375. The molecule has 0 bridgehead atoms. The molecule has 0 unspecified atom stereocenters. The van der Waals surface area contributed by atoms with Gasteiger partial charge < -0.3 is 19.5 Å². The minimum atomic E-state index is -0.210. The maximum atomic E-state index is 13.1. The van der Waals surface area contributed by atoms with Gasteiger partial charge in [0.25, 0.3) is 11.8 Å². The summed E-state index contributed by atoms with van der Waals surface area (Å²) in [6.45, 7) is 6.99. The highest BCUT2D eigenvalue weighted by atomic mass is 16.5. The highest BCUT2D eigenvalue weighted by Gasteiger charge is 2.30. The Morgan fingerprint density at radius 3 is 2.76 bits per heavy atom. The fourth-order valence-corrected chi connectivity index (χ4v) is 3.96. The summed E-state index contributed by atoms with van der Waals surface area (Å²) in [5.74, 6) is 1.76. The number of aryl methyl sites for hydroxylation is 3. The lowest BCUT2D eigenvalue weighted by Crippen LogP contribution is -2.28. The van der Waals surface area contributed by atoms with Gasteiger partial charge in [-0.05, 0) is 45.4 Å². The summed E-state index contributed by atoms with van der Waals surface area (Å²) in [6, 6.07) is 7.18. The molecule has 9 heteroatoms. The van der Waals surface area contributed by atoms with Crippen molar-refractivity contribution < 1.29 is 18.8 Å². The third-order valence-corrected chi connectivity index (χ3v) is 5.96. The lowest BCUT2D eigenvalue weighted by atomic mass is 10.1. The Hall–Kier alpha value is -3.75. The van der Waals surface area contributed by atoms with E-state index in [2.05, 4.69) is 20.4 Å². The molecule has 1 aliphatic heterocycles. The Kier molecular flexibility index (Phi) is 6.39. The van der Waals surface area contributed by atoms with Gasteiger partial charge in [0.1, 0.15) is 23.9 Å². The largest absolute Gasteiger partial charge is 0.489 e. The Labute approximate surface area is 192 Å². The van der Waals surface area contributed by atoms with E-state index in [0.29, 0.717) is 48.1 Å². The van der Waals surface area contributed by atoms with Gasteiger partial charge in [0.2, 0.25) is 0 Å². The molecule has 1 fully saturated rings. The molecular weight excluding hydrogens is 422 g/mol. The molecule has 1 saturated heterocycles.